The van der Waals surface area contributed by atoms with Gasteiger partial charge in [-0.25, -0.2) is 15.0 Å². The molecule has 0 aromatic carbocycles. The van der Waals surface area contributed by atoms with Gasteiger partial charge in [-0.05, 0) is 18.0 Å². The third-order valence-electron chi connectivity index (χ3n) is 4.59. The van der Waals surface area contributed by atoms with Crippen LogP contribution in [0.15, 0.2) is 17.9 Å². The molecule has 0 aliphatic rings. The summed E-state index contributed by atoms with van der Waals surface area (Å²) >= 11 is 5.06. The lowest BCUT2D eigenvalue weighted by Crippen LogP contribution is -2.22. The van der Waals surface area contributed by atoms with Crippen molar-refractivity contribution >= 4 is 34.2 Å². The molecule has 0 spiro atoms. The summed E-state index contributed by atoms with van der Waals surface area (Å²) < 4.78 is 4.42. The van der Waals surface area contributed by atoms with Crippen LogP contribution in [0.4, 0.5) is 0 Å². The number of hydrogen-bond donors (Lipinski definition) is 0. The number of aromatic nitrogens is 4. The third-order valence-corrected chi connectivity index (χ3v) is 7.86. The first-order valence-electron chi connectivity index (χ1n) is 9.15. The van der Waals surface area contributed by atoms with E-state index in [-0.39, 0.29) is 16.2 Å². The van der Waals surface area contributed by atoms with Crippen molar-refractivity contribution in [1.82, 2.24) is 19.3 Å². The zero-order chi connectivity index (χ0) is 19.9. The SMILES string of the molecule is CC(C)(C)c1ncc(CC(C)(C)c2cnc(CC(C)(C)c3ncsn3)s2)s1. The molecule has 0 amide bonds. The highest BCUT2D eigenvalue weighted by Crippen LogP contribution is 2.36. The van der Waals surface area contributed by atoms with E-state index in [1.165, 1.54) is 26.3 Å². The zero-order valence-electron chi connectivity index (χ0n) is 17.2. The largest absolute Gasteiger partial charge is 0.249 e. The van der Waals surface area contributed by atoms with Crippen LogP contribution in [0, 0.1) is 0 Å². The molecular formula is C20H28N4S3. The summed E-state index contributed by atoms with van der Waals surface area (Å²) in [6.07, 6.45) is 5.95. The van der Waals surface area contributed by atoms with Gasteiger partial charge in [0.15, 0.2) is 0 Å². The predicted molar refractivity (Wildman–Crippen MR) is 116 cm³/mol. The molecule has 3 aromatic heterocycles. The second-order valence-corrected chi connectivity index (χ2v) is 12.2. The molecule has 4 nitrogen and oxygen atoms in total. The lowest BCUT2D eigenvalue weighted by atomic mass is 9.87. The average molecular weight is 421 g/mol. The second-order valence-electron chi connectivity index (χ2n) is 9.38. The Hall–Kier alpha value is -1.18. The van der Waals surface area contributed by atoms with Crippen LogP contribution in [0.3, 0.4) is 0 Å². The fourth-order valence-electron chi connectivity index (χ4n) is 2.89. The van der Waals surface area contributed by atoms with E-state index in [9.17, 15) is 0 Å². The molecule has 0 saturated carbocycles. The van der Waals surface area contributed by atoms with Crippen molar-refractivity contribution in [2.45, 2.75) is 77.6 Å². The van der Waals surface area contributed by atoms with Crippen molar-refractivity contribution in [2.75, 3.05) is 0 Å². The Morgan fingerprint density at radius 2 is 1.56 bits per heavy atom. The summed E-state index contributed by atoms with van der Waals surface area (Å²) in [7, 11) is 0. The Morgan fingerprint density at radius 3 is 2.15 bits per heavy atom. The van der Waals surface area contributed by atoms with Crippen LogP contribution in [-0.2, 0) is 29.1 Å². The molecule has 3 rings (SSSR count). The molecule has 0 unspecified atom stereocenters. The van der Waals surface area contributed by atoms with E-state index < -0.39 is 0 Å². The van der Waals surface area contributed by atoms with Gasteiger partial charge in [0.25, 0.3) is 0 Å². The van der Waals surface area contributed by atoms with E-state index in [4.69, 9.17) is 4.98 Å². The fourth-order valence-corrected chi connectivity index (χ4v) is 5.92. The normalized spacial score (nSPS) is 13.3. The molecule has 146 valence electrons. The van der Waals surface area contributed by atoms with E-state index >= 15 is 0 Å². The number of rotatable bonds is 6. The van der Waals surface area contributed by atoms with Gasteiger partial charge in [-0.2, -0.15) is 4.37 Å². The highest BCUT2D eigenvalue weighted by molar-refractivity contribution is 7.12. The van der Waals surface area contributed by atoms with Crippen molar-refractivity contribution in [1.29, 1.82) is 0 Å². The molecule has 3 heterocycles. The lowest BCUT2D eigenvalue weighted by molar-refractivity contribution is 0.492. The van der Waals surface area contributed by atoms with Gasteiger partial charge in [-0.15, -0.1) is 22.7 Å². The maximum Gasteiger partial charge on any atom is 0.148 e. The first-order chi connectivity index (χ1) is 12.5. The average Bonchev–Trinajstić information content (AvgIpc) is 3.27. The van der Waals surface area contributed by atoms with Crippen LogP contribution in [0.5, 0.6) is 0 Å². The zero-order valence-corrected chi connectivity index (χ0v) is 19.6. The highest BCUT2D eigenvalue weighted by Gasteiger charge is 2.30. The van der Waals surface area contributed by atoms with E-state index in [1.54, 1.807) is 5.51 Å². The summed E-state index contributed by atoms with van der Waals surface area (Å²) in [5, 5.41) is 2.35. The van der Waals surface area contributed by atoms with Crippen molar-refractivity contribution in [3.63, 3.8) is 0 Å². The molecule has 0 fully saturated rings. The van der Waals surface area contributed by atoms with Gasteiger partial charge in [0.2, 0.25) is 0 Å². The van der Waals surface area contributed by atoms with Crippen LogP contribution in [-0.4, -0.2) is 19.3 Å². The summed E-state index contributed by atoms with van der Waals surface area (Å²) in [6, 6.07) is 0. The van der Waals surface area contributed by atoms with E-state index in [1.807, 2.05) is 28.9 Å². The first kappa shape index (κ1) is 20.6. The maximum atomic E-state index is 4.72. The topological polar surface area (TPSA) is 51.6 Å². The monoisotopic (exact) mass is 420 g/mol. The Balaban J connectivity index is 1.73. The summed E-state index contributed by atoms with van der Waals surface area (Å²) in [5.41, 5.74) is 1.85. The smallest absolute Gasteiger partial charge is 0.148 e. The van der Waals surface area contributed by atoms with Gasteiger partial charge in [0, 0.05) is 44.8 Å². The van der Waals surface area contributed by atoms with E-state index in [2.05, 4.69) is 69.0 Å². The van der Waals surface area contributed by atoms with Crippen molar-refractivity contribution in [3.8, 4) is 0 Å². The minimum atomic E-state index is -0.0987. The molecule has 0 saturated heterocycles. The van der Waals surface area contributed by atoms with E-state index in [0.29, 0.717) is 0 Å². The quantitative estimate of drug-likeness (QED) is 0.506. The van der Waals surface area contributed by atoms with Gasteiger partial charge >= 0.3 is 0 Å². The highest BCUT2D eigenvalue weighted by atomic mass is 32.1. The summed E-state index contributed by atoms with van der Waals surface area (Å²) in [5.74, 6) is 0.905. The fraction of sp³-hybridized carbons (Fsp3) is 0.600. The van der Waals surface area contributed by atoms with Gasteiger partial charge in [-0.1, -0.05) is 48.5 Å². The van der Waals surface area contributed by atoms with Crippen LogP contribution in [0.2, 0.25) is 0 Å². The second kappa shape index (κ2) is 7.33. The molecule has 0 atom stereocenters. The minimum Gasteiger partial charge on any atom is -0.249 e. The summed E-state index contributed by atoms with van der Waals surface area (Å²) in [6.45, 7) is 15.6. The third kappa shape index (κ3) is 4.81. The maximum absolute atomic E-state index is 4.72. The molecule has 0 bridgehead atoms. The number of thiazole rings is 2. The van der Waals surface area contributed by atoms with Gasteiger partial charge < -0.3 is 0 Å². The summed E-state index contributed by atoms with van der Waals surface area (Å²) in [4.78, 5) is 16.4. The van der Waals surface area contributed by atoms with Gasteiger partial charge in [-0.3, -0.25) is 0 Å². The minimum absolute atomic E-state index is 0.0423. The number of hydrogen-bond acceptors (Lipinski definition) is 7. The van der Waals surface area contributed by atoms with E-state index in [0.717, 1.165) is 23.7 Å². The molecule has 0 aliphatic carbocycles. The molecule has 0 N–H and O–H groups in total. The molecule has 0 aliphatic heterocycles. The molecule has 0 radical (unpaired) electrons. The molecular weight excluding hydrogens is 392 g/mol. The lowest BCUT2D eigenvalue weighted by Gasteiger charge is -2.22. The van der Waals surface area contributed by atoms with Crippen molar-refractivity contribution in [2.24, 2.45) is 0 Å². The molecule has 27 heavy (non-hydrogen) atoms. The van der Waals surface area contributed by atoms with Crippen LogP contribution in [0.1, 0.15) is 74.1 Å². The van der Waals surface area contributed by atoms with Crippen LogP contribution >= 0.6 is 34.2 Å². The van der Waals surface area contributed by atoms with Crippen LogP contribution in [0.25, 0.3) is 0 Å². The van der Waals surface area contributed by atoms with Crippen molar-refractivity contribution < 1.29 is 0 Å². The standard InChI is InChI=1S/C20H28N4S3/c1-18(2,3)17-22-10-13(26-17)8-19(4,5)14-11-21-15(27-14)9-20(6,7)16-23-12-25-24-16/h10-12H,8-9H2,1-7H3. The van der Waals surface area contributed by atoms with Gasteiger partial charge in [0.05, 0.1) is 10.0 Å². The van der Waals surface area contributed by atoms with Crippen molar-refractivity contribution in [3.05, 3.63) is 43.5 Å². The Bertz CT molecular complexity index is 883. The Labute approximate surface area is 174 Å². The van der Waals surface area contributed by atoms with Crippen LogP contribution < -0.4 is 0 Å². The molecule has 7 heteroatoms. The number of nitrogens with zero attached hydrogens (tertiary/aromatic N) is 4. The molecule has 3 aromatic rings. The first-order valence-corrected chi connectivity index (χ1v) is 11.6. The van der Waals surface area contributed by atoms with Gasteiger partial charge in [0.1, 0.15) is 11.3 Å². The predicted octanol–water partition coefficient (Wildman–Crippen LogP) is 5.79. The Kier molecular flexibility index (Phi) is 5.58. The Morgan fingerprint density at radius 1 is 0.815 bits per heavy atom.